The fourth-order valence-electron chi connectivity index (χ4n) is 3.34. The SMILES string of the molecule is O=C1C(=O)N(c2ccc(Cl)cc2)C(c2cccnc2)/C1=C(/O)c1cccc(Cl)c1. The zero-order valence-corrected chi connectivity index (χ0v) is 16.4. The Balaban J connectivity index is 1.94. The van der Waals surface area contributed by atoms with Crippen LogP contribution in [-0.2, 0) is 9.59 Å². The fraction of sp³-hybridized carbons (Fsp3) is 0.0455. The van der Waals surface area contributed by atoms with Gasteiger partial charge in [0.15, 0.2) is 0 Å². The quantitative estimate of drug-likeness (QED) is 0.364. The molecular formula is C22H14Cl2N2O3. The van der Waals surface area contributed by atoms with E-state index in [0.717, 1.165) is 0 Å². The molecule has 1 fully saturated rings. The third-order valence-corrected chi connectivity index (χ3v) is 5.13. The molecule has 1 aromatic heterocycles. The van der Waals surface area contributed by atoms with Crippen molar-refractivity contribution in [2.45, 2.75) is 6.04 Å². The van der Waals surface area contributed by atoms with Crippen LogP contribution >= 0.6 is 23.2 Å². The molecule has 144 valence electrons. The van der Waals surface area contributed by atoms with E-state index in [0.29, 0.717) is 26.9 Å². The number of amides is 1. The van der Waals surface area contributed by atoms with Crippen molar-refractivity contribution in [2.24, 2.45) is 0 Å². The number of pyridine rings is 1. The van der Waals surface area contributed by atoms with E-state index in [2.05, 4.69) is 4.98 Å². The largest absolute Gasteiger partial charge is 0.507 e. The topological polar surface area (TPSA) is 70.5 Å². The monoisotopic (exact) mass is 424 g/mol. The number of aliphatic hydroxyl groups is 1. The van der Waals surface area contributed by atoms with Crippen LogP contribution in [0.4, 0.5) is 5.69 Å². The van der Waals surface area contributed by atoms with E-state index in [9.17, 15) is 14.7 Å². The van der Waals surface area contributed by atoms with E-state index in [1.165, 1.54) is 11.0 Å². The van der Waals surface area contributed by atoms with Crippen LogP contribution in [0.5, 0.6) is 0 Å². The molecule has 4 rings (SSSR count). The number of hydrogen-bond acceptors (Lipinski definition) is 4. The smallest absolute Gasteiger partial charge is 0.300 e. The van der Waals surface area contributed by atoms with E-state index in [-0.39, 0.29) is 11.3 Å². The summed E-state index contributed by atoms with van der Waals surface area (Å²) in [6, 6.07) is 15.6. The molecule has 2 aromatic carbocycles. The minimum absolute atomic E-state index is 0.0276. The lowest BCUT2D eigenvalue weighted by Gasteiger charge is -2.25. The minimum atomic E-state index is -0.844. The van der Waals surface area contributed by atoms with Crippen molar-refractivity contribution in [3.63, 3.8) is 0 Å². The number of carbonyl (C=O) groups excluding carboxylic acids is 2. The van der Waals surface area contributed by atoms with Gasteiger partial charge in [-0.2, -0.15) is 0 Å². The lowest BCUT2D eigenvalue weighted by Crippen LogP contribution is -2.29. The van der Waals surface area contributed by atoms with Gasteiger partial charge in [-0.05, 0) is 48.0 Å². The van der Waals surface area contributed by atoms with Gasteiger partial charge in [-0.25, -0.2) is 0 Å². The summed E-state index contributed by atoms with van der Waals surface area (Å²) >= 11 is 12.0. The van der Waals surface area contributed by atoms with Crippen molar-refractivity contribution in [1.29, 1.82) is 0 Å². The van der Waals surface area contributed by atoms with Gasteiger partial charge in [0.2, 0.25) is 0 Å². The average Bonchev–Trinajstić information content (AvgIpc) is 3.00. The molecule has 7 heteroatoms. The van der Waals surface area contributed by atoms with Gasteiger partial charge < -0.3 is 5.11 Å². The Kier molecular flexibility index (Phi) is 5.09. The normalized spacial score (nSPS) is 18.3. The molecule has 1 atom stereocenters. The highest BCUT2D eigenvalue weighted by atomic mass is 35.5. The molecule has 1 amide bonds. The Hall–Kier alpha value is -3.15. The molecule has 0 radical (unpaired) electrons. The number of nitrogens with zero attached hydrogens (tertiary/aromatic N) is 2. The molecule has 29 heavy (non-hydrogen) atoms. The molecular weight excluding hydrogens is 411 g/mol. The Morgan fingerprint density at radius 1 is 0.966 bits per heavy atom. The molecule has 5 nitrogen and oxygen atoms in total. The number of aromatic nitrogens is 1. The molecule has 3 aromatic rings. The zero-order chi connectivity index (χ0) is 20.5. The molecule has 0 bridgehead atoms. The van der Waals surface area contributed by atoms with Crippen molar-refractivity contribution < 1.29 is 14.7 Å². The van der Waals surface area contributed by atoms with Crippen molar-refractivity contribution >= 4 is 46.3 Å². The van der Waals surface area contributed by atoms with Crippen LogP contribution in [0.3, 0.4) is 0 Å². The van der Waals surface area contributed by atoms with Gasteiger partial charge in [-0.1, -0.05) is 41.4 Å². The lowest BCUT2D eigenvalue weighted by molar-refractivity contribution is -0.132. The first kappa shape index (κ1) is 19.2. The molecule has 0 saturated carbocycles. The van der Waals surface area contributed by atoms with Gasteiger partial charge in [0.05, 0.1) is 11.6 Å². The highest BCUT2D eigenvalue weighted by Crippen LogP contribution is 2.42. The van der Waals surface area contributed by atoms with Crippen LogP contribution < -0.4 is 4.90 Å². The third-order valence-electron chi connectivity index (χ3n) is 4.65. The maximum atomic E-state index is 13.0. The number of benzene rings is 2. The summed E-state index contributed by atoms with van der Waals surface area (Å²) in [5.41, 5.74) is 1.39. The van der Waals surface area contributed by atoms with Gasteiger partial charge in [-0.15, -0.1) is 0 Å². The van der Waals surface area contributed by atoms with Crippen LogP contribution in [0.25, 0.3) is 5.76 Å². The van der Waals surface area contributed by atoms with E-state index in [1.807, 2.05) is 0 Å². The van der Waals surface area contributed by atoms with Crippen molar-refractivity contribution in [1.82, 2.24) is 4.98 Å². The number of hydrogen-bond donors (Lipinski definition) is 1. The maximum absolute atomic E-state index is 13.0. The molecule has 1 unspecified atom stereocenters. The lowest BCUT2D eigenvalue weighted by atomic mass is 9.96. The predicted molar refractivity (Wildman–Crippen MR) is 112 cm³/mol. The van der Waals surface area contributed by atoms with E-state index in [1.54, 1.807) is 67.0 Å². The Morgan fingerprint density at radius 2 is 1.72 bits per heavy atom. The predicted octanol–water partition coefficient (Wildman–Crippen LogP) is 5.01. The summed E-state index contributed by atoms with van der Waals surface area (Å²) in [5, 5.41) is 11.9. The average molecular weight is 425 g/mol. The van der Waals surface area contributed by atoms with Gasteiger partial charge in [0.25, 0.3) is 11.7 Å². The standard InChI is InChI=1S/C22H14Cl2N2O3/c23-15-6-8-17(9-7-15)26-19(14-4-2-10-25-12-14)18(21(28)22(26)29)20(27)13-3-1-5-16(24)11-13/h1-12,19,27H/b20-18-. The number of aliphatic hydroxyl groups excluding tert-OH is 1. The van der Waals surface area contributed by atoms with E-state index < -0.39 is 17.7 Å². The minimum Gasteiger partial charge on any atom is -0.507 e. The number of rotatable bonds is 3. The highest BCUT2D eigenvalue weighted by molar-refractivity contribution is 6.51. The summed E-state index contributed by atoms with van der Waals surface area (Å²) < 4.78 is 0. The van der Waals surface area contributed by atoms with Crippen LogP contribution in [-0.4, -0.2) is 21.8 Å². The number of anilines is 1. The Morgan fingerprint density at radius 3 is 2.38 bits per heavy atom. The molecule has 1 aliphatic rings. The maximum Gasteiger partial charge on any atom is 0.300 e. The second-order valence-corrected chi connectivity index (χ2v) is 7.32. The molecule has 0 aliphatic carbocycles. The van der Waals surface area contributed by atoms with E-state index >= 15 is 0 Å². The highest BCUT2D eigenvalue weighted by Gasteiger charge is 2.47. The summed E-state index contributed by atoms with van der Waals surface area (Å²) in [4.78, 5) is 31.3. The molecule has 1 aliphatic heterocycles. The van der Waals surface area contributed by atoms with Crippen molar-refractivity contribution in [3.8, 4) is 0 Å². The molecule has 1 N–H and O–H groups in total. The number of ketones is 1. The molecule has 2 heterocycles. The summed E-state index contributed by atoms with van der Waals surface area (Å²) in [5.74, 6) is -1.83. The van der Waals surface area contributed by atoms with Crippen LogP contribution in [0.2, 0.25) is 10.0 Å². The van der Waals surface area contributed by atoms with Crippen molar-refractivity contribution in [3.05, 3.63) is 99.8 Å². The van der Waals surface area contributed by atoms with Gasteiger partial charge in [-0.3, -0.25) is 19.5 Å². The van der Waals surface area contributed by atoms with Gasteiger partial charge in [0, 0.05) is 33.7 Å². The third kappa shape index (κ3) is 3.50. The zero-order valence-electron chi connectivity index (χ0n) is 14.9. The van der Waals surface area contributed by atoms with Crippen LogP contribution in [0, 0.1) is 0 Å². The van der Waals surface area contributed by atoms with Crippen molar-refractivity contribution in [2.75, 3.05) is 4.90 Å². The summed E-state index contributed by atoms with van der Waals surface area (Å²) in [6.07, 6.45) is 3.15. The number of Topliss-reactive ketones (excluding diaryl/α,β-unsaturated/α-hetero) is 1. The first-order valence-electron chi connectivity index (χ1n) is 8.70. The second kappa shape index (κ2) is 7.70. The fourth-order valence-corrected chi connectivity index (χ4v) is 3.66. The van der Waals surface area contributed by atoms with Crippen LogP contribution in [0.15, 0.2) is 78.6 Å². The van der Waals surface area contributed by atoms with Gasteiger partial charge >= 0.3 is 0 Å². The number of carbonyl (C=O) groups is 2. The first-order valence-corrected chi connectivity index (χ1v) is 9.45. The van der Waals surface area contributed by atoms with Crippen LogP contribution in [0.1, 0.15) is 17.2 Å². The Bertz CT molecular complexity index is 1130. The first-order chi connectivity index (χ1) is 14.0. The summed E-state index contributed by atoms with van der Waals surface area (Å²) in [7, 11) is 0. The second-order valence-electron chi connectivity index (χ2n) is 6.44. The number of halogens is 2. The van der Waals surface area contributed by atoms with E-state index in [4.69, 9.17) is 23.2 Å². The Labute approximate surface area is 176 Å². The molecule has 0 spiro atoms. The molecule has 1 saturated heterocycles. The summed E-state index contributed by atoms with van der Waals surface area (Å²) in [6.45, 7) is 0. The van der Waals surface area contributed by atoms with Gasteiger partial charge in [0.1, 0.15) is 5.76 Å².